The van der Waals surface area contributed by atoms with E-state index in [1.54, 1.807) is 6.92 Å². The maximum atomic E-state index is 11.5. The summed E-state index contributed by atoms with van der Waals surface area (Å²) in [5.41, 5.74) is 0. The van der Waals surface area contributed by atoms with Crippen LogP contribution in [0.25, 0.3) is 0 Å². The van der Waals surface area contributed by atoms with Crippen molar-refractivity contribution in [2.24, 2.45) is 0 Å². The summed E-state index contributed by atoms with van der Waals surface area (Å²) in [5, 5.41) is 6.30. The van der Waals surface area contributed by atoms with E-state index in [1.807, 2.05) is 0 Å². The summed E-state index contributed by atoms with van der Waals surface area (Å²) >= 11 is 0. The van der Waals surface area contributed by atoms with Crippen LogP contribution in [0.3, 0.4) is 0 Å². The molecule has 0 spiro atoms. The Kier molecular flexibility index (Phi) is 5.93. The molecule has 2 atom stereocenters. The van der Waals surface area contributed by atoms with Crippen molar-refractivity contribution in [3.05, 3.63) is 0 Å². The van der Waals surface area contributed by atoms with Gasteiger partial charge in [0.2, 0.25) is 0 Å². The van der Waals surface area contributed by atoms with Crippen molar-refractivity contribution in [1.82, 2.24) is 10.6 Å². The fourth-order valence-corrected chi connectivity index (χ4v) is 1.90. The number of hydrogen-bond donors (Lipinski definition) is 2. The van der Waals surface area contributed by atoms with E-state index in [9.17, 15) is 9.59 Å². The van der Waals surface area contributed by atoms with E-state index in [-0.39, 0.29) is 24.0 Å². The molecule has 1 rings (SSSR count). The Morgan fingerprint density at radius 3 is 2.65 bits per heavy atom. The highest BCUT2D eigenvalue weighted by Gasteiger charge is 2.31. The lowest BCUT2D eigenvalue weighted by Crippen LogP contribution is -2.59. The number of methoxy groups -OCH3 is 1. The highest BCUT2D eigenvalue weighted by molar-refractivity contribution is 5.77. The van der Waals surface area contributed by atoms with Crippen molar-refractivity contribution in [1.29, 1.82) is 0 Å². The number of nitrogens with one attached hydrogen (secondary N) is 2. The van der Waals surface area contributed by atoms with Crippen LogP contribution in [0.2, 0.25) is 0 Å². The van der Waals surface area contributed by atoms with Gasteiger partial charge < -0.3 is 20.1 Å². The summed E-state index contributed by atoms with van der Waals surface area (Å²) in [5.74, 6) is -0.533. The van der Waals surface area contributed by atoms with E-state index >= 15 is 0 Å². The van der Waals surface area contributed by atoms with Crippen LogP contribution in [0.5, 0.6) is 0 Å². The first-order chi connectivity index (χ1) is 8.19. The minimum absolute atomic E-state index is 0.0828. The largest absolute Gasteiger partial charge is 0.468 e. The van der Waals surface area contributed by atoms with Crippen LogP contribution < -0.4 is 10.6 Å². The Bertz CT molecular complexity index is 270. The van der Waals surface area contributed by atoms with Crippen molar-refractivity contribution in [3.8, 4) is 0 Å². The lowest BCUT2D eigenvalue weighted by Gasteiger charge is -2.31. The van der Waals surface area contributed by atoms with E-state index in [0.29, 0.717) is 19.4 Å². The Labute approximate surface area is 101 Å². The Balaban J connectivity index is 2.42. The van der Waals surface area contributed by atoms with Gasteiger partial charge in [-0.2, -0.15) is 0 Å². The molecule has 0 aromatic heterocycles. The second-order valence-corrected chi connectivity index (χ2v) is 3.86. The minimum atomic E-state index is -0.386. The maximum Gasteiger partial charge on any atom is 0.324 e. The Hall–Kier alpha value is -1.14. The summed E-state index contributed by atoms with van der Waals surface area (Å²) < 4.78 is 9.57. The smallest absolute Gasteiger partial charge is 0.324 e. The van der Waals surface area contributed by atoms with Crippen molar-refractivity contribution < 1.29 is 19.1 Å². The van der Waals surface area contributed by atoms with Crippen molar-refractivity contribution in [2.45, 2.75) is 31.8 Å². The quantitative estimate of drug-likeness (QED) is 0.631. The van der Waals surface area contributed by atoms with Crippen LogP contribution in [0.1, 0.15) is 19.8 Å². The Morgan fingerprint density at radius 2 is 2.00 bits per heavy atom. The summed E-state index contributed by atoms with van der Waals surface area (Å²) in [6, 6.07) is -0.469. The lowest BCUT2D eigenvalue weighted by atomic mass is 10.0. The number of hydrogen-bond acceptors (Lipinski definition) is 6. The third kappa shape index (κ3) is 4.32. The second-order valence-electron chi connectivity index (χ2n) is 3.86. The number of ether oxygens (including phenoxy) is 2. The zero-order valence-corrected chi connectivity index (χ0v) is 10.3. The summed E-state index contributed by atoms with van der Waals surface area (Å²) in [6.07, 6.45) is 0.867. The van der Waals surface area contributed by atoms with Gasteiger partial charge in [0, 0.05) is 25.6 Å². The minimum Gasteiger partial charge on any atom is -0.468 e. The Morgan fingerprint density at radius 1 is 1.29 bits per heavy atom. The van der Waals surface area contributed by atoms with Crippen molar-refractivity contribution >= 4 is 11.9 Å². The number of carbonyl (C=O) groups is 2. The van der Waals surface area contributed by atoms with Gasteiger partial charge in [-0.25, -0.2) is 0 Å². The highest BCUT2D eigenvalue weighted by Crippen LogP contribution is 2.08. The van der Waals surface area contributed by atoms with Crippen LogP contribution in [0.15, 0.2) is 0 Å². The van der Waals surface area contributed by atoms with Gasteiger partial charge in [-0.05, 0) is 13.3 Å². The van der Waals surface area contributed by atoms with E-state index in [0.717, 1.165) is 13.1 Å². The molecule has 1 fully saturated rings. The molecule has 0 aromatic rings. The van der Waals surface area contributed by atoms with E-state index in [2.05, 4.69) is 10.6 Å². The summed E-state index contributed by atoms with van der Waals surface area (Å²) in [6.45, 7) is 3.65. The fourth-order valence-electron chi connectivity index (χ4n) is 1.90. The molecule has 1 aliphatic rings. The molecule has 6 nitrogen and oxygen atoms in total. The molecule has 0 saturated carbocycles. The second kappa shape index (κ2) is 7.24. The molecular weight excluding hydrogens is 224 g/mol. The number of piperazine rings is 1. The first-order valence-electron chi connectivity index (χ1n) is 5.89. The first-order valence-corrected chi connectivity index (χ1v) is 5.89. The molecule has 0 aromatic carbocycles. The molecule has 0 aliphatic carbocycles. The zero-order chi connectivity index (χ0) is 12.7. The van der Waals surface area contributed by atoms with Crippen LogP contribution >= 0.6 is 0 Å². The van der Waals surface area contributed by atoms with Crippen LogP contribution in [-0.2, 0) is 19.1 Å². The lowest BCUT2D eigenvalue weighted by molar-refractivity contribution is -0.146. The van der Waals surface area contributed by atoms with Crippen molar-refractivity contribution in [3.63, 3.8) is 0 Å². The normalized spacial score (nSPS) is 24.1. The maximum absolute atomic E-state index is 11.5. The number of carbonyl (C=O) groups excluding carboxylic acids is 2. The zero-order valence-electron chi connectivity index (χ0n) is 10.3. The molecule has 0 bridgehead atoms. The van der Waals surface area contributed by atoms with Gasteiger partial charge in [-0.1, -0.05) is 0 Å². The molecular formula is C11H20N2O4. The predicted molar refractivity (Wildman–Crippen MR) is 61.5 cm³/mol. The SMILES string of the molecule is CCOC(=O)CCC1NCCN[C@H]1C(=O)OC. The molecule has 0 amide bonds. The van der Waals surface area contributed by atoms with Crippen LogP contribution in [0, 0.1) is 0 Å². The third-order valence-electron chi connectivity index (χ3n) is 2.72. The molecule has 1 unspecified atom stereocenters. The third-order valence-corrected chi connectivity index (χ3v) is 2.72. The van der Waals surface area contributed by atoms with Crippen LogP contribution in [-0.4, -0.2) is 50.8 Å². The van der Waals surface area contributed by atoms with Gasteiger partial charge in [0.05, 0.1) is 13.7 Å². The van der Waals surface area contributed by atoms with Gasteiger partial charge >= 0.3 is 11.9 Å². The van der Waals surface area contributed by atoms with Gasteiger partial charge in [0.1, 0.15) is 6.04 Å². The summed E-state index contributed by atoms with van der Waals surface area (Å²) in [7, 11) is 1.36. The van der Waals surface area contributed by atoms with E-state index in [1.165, 1.54) is 7.11 Å². The topological polar surface area (TPSA) is 76.7 Å². The molecule has 1 heterocycles. The number of esters is 2. The first kappa shape index (κ1) is 13.9. The van der Waals surface area contributed by atoms with Gasteiger partial charge in [0.25, 0.3) is 0 Å². The molecule has 1 saturated heterocycles. The average molecular weight is 244 g/mol. The average Bonchev–Trinajstić information content (AvgIpc) is 2.36. The van der Waals surface area contributed by atoms with Crippen LogP contribution in [0.4, 0.5) is 0 Å². The molecule has 98 valence electrons. The molecule has 6 heteroatoms. The molecule has 0 radical (unpaired) electrons. The van der Waals surface area contributed by atoms with E-state index < -0.39 is 0 Å². The standard InChI is InChI=1S/C11H20N2O4/c1-3-17-9(14)5-4-8-10(11(15)16-2)13-7-6-12-8/h8,10,12-13H,3-7H2,1-2H3/t8?,10-/m1/s1. The predicted octanol–water partition coefficient (Wildman–Crippen LogP) is -0.567. The monoisotopic (exact) mass is 244 g/mol. The number of rotatable bonds is 5. The highest BCUT2D eigenvalue weighted by atomic mass is 16.5. The molecule has 1 aliphatic heterocycles. The fraction of sp³-hybridized carbons (Fsp3) is 0.818. The summed E-state index contributed by atoms with van der Waals surface area (Å²) in [4.78, 5) is 22.8. The van der Waals surface area contributed by atoms with Crippen molar-refractivity contribution in [2.75, 3.05) is 26.8 Å². The van der Waals surface area contributed by atoms with E-state index in [4.69, 9.17) is 9.47 Å². The molecule has 2 N–H and O–H groups in total. The van der Waals surface area contributed by atoms with Gasteiger partial charge in [0.15, 0.2) is 0 Å². The molecule has 17 heavy (non-hydrogen) atoms. The van der Waals surface area contributed by atoms with Gasteiger partial charge in [-0.15, -0.1) is 0 Å². The van der Waals surface area contributed by atoms with Gasteiger partial charge in [-0.3, -0.25) is 9.59 Å².